The Balaban J connectivity index is 0.981. The number of para-hydroxylation sites is 2. The van der Waals surface area contributed by atoms with Crippen LogP contribution in [0.3, 0.4) is 0 Å². The van der Waals surface area contributed by atoms with Crippen LogP contribution in [0.4, 0.5) is 0 Å². The van der Waals surface area contributed by atoms with Crippen molar-refractivity contribution in [2.24, 2.45) is 0 Å². The molecule has 0 saturated carbocycles. The van der Waals surface area contributed by atoms with Crippen LogP contribution in [-0.4, -0.2) is 49.0 Å². The highest BCUT2D eigenvalue weighted by Crippen LogP contribution is 2.42. The van der Waals surface area contributed by atoms with Crippen molar-refractivity contribution >= 4 is 43.6 Å². The summed E-state index contributed by atoms with van der Waals surface area (Å²) in [7, 11) is 0. The number of hydrogen-bond donors (Lipinski definition) is 0. The van der Waals surface area contributed by atoms with Gasteiger partial charge in [0.15, 0.2) is 34.9 Å². The average Bonchev–Trinajstić information content (AvgIpc) is 3.95. The van der Waals surface area contributed by atoms with Gasteiger partial charge in [-0.2, -0.15) is 0 Å². The second-order valence-electron chi connectivity index (χ2n) is 16.4. The van der Waals surface area contributed by atoms with E-state index in [4.69, 9.17) is 39.9 Å². The van der Waals surface area contributed by atoms with Crippen molar-refractivity contribution in [1.82, 2.24) is 49.0 Å². The van der Waals surface area contributed by atoms with Gasteiger partial charge in [0.2, 0.25) is 0 Å². The number of nitrogens with zero attached hydrogens (tertiary/aromatic N) is 10. The molecule has 0 N–H and O–H groups in total. The zero-order valence-electron chi connectivity index (χ0n) is 36.3. The molecule has 0 aliphatic heterocycles. The summed E-state index contributed by atoms with van der Waals surface area (Å²) >= 11 is 0. The Labute approximate surface area is 389 Å². The summed E-state index contributed by atoms with van der Waals surface area (Å²) in [6.45, 7) is 0. The Morgan fingerprint density at radius 1 is 0.221 bits per heavy atom. The van der Waals surface area contributed by atoms with E-state index in [1.165, 1.54) is 0 Å². The minimum absolute atomic E-state index is 0.491. The normalized spacial score (nSPS) is 11.5. The Bertz CT molecular complexity index is 3640. The molecule has 318 valence electrons. The number of pyridine rings is 2. The van der Waals surface area contributed by atoms with E-state index in [0.717, 1.165) is 77.5 Å². The number of aromatic nitrogens is 10. The van der Waals surface area contributed by atoms with Crippen molar-refractivity contribution in [2.75, 3.05) is 0 Å². The smallest absolute Gasteiger partial charge is 0.182 e. The first-order valence-corrected chi connectivity index (χ1v) is 22.4. The van der Waals surface area contributed by atoms with E-state index >= 15 is 0 Å². The van der Waals surface area contributed by atoms with Crippen LogP contribution in [-0.2, 0) is 0 Å². The van der Waals surface area contributed by atoms with Crippen molar-refractivity contribution in [3.63, 3.8) is 0 Å². The molecule has 0 amide bonds. The maximum Gasteiger partial charge on any atom is 0.182 e. The van der Waals surface area contributed by atoms with Crippen LogP contribution in [0.1, 0.15) is 0 Å². The minimum atomic E-state index is 0.491. The van der Waals surface area contributed by atoms with Crippen molar-refractivity contribution in [3.05, 3.63) is 218 Å². The van der Waals surface area contributed by atoms with E-state index in [2.05, 4.69) is 69.8 Å². The summed E-state index contributed by atoms with van der Waals surface area (Å²) in [4.78, 5) is 40.5. The summed E-state index contributed by atoms with van der Waals surface area (Å²) in [6.07, 6.45) is 0. The molecule has 0 saturated heterocycles. The second-order valence-corrected chi connectivity index (χ2v) is 16.4. The Kier molecular flexibility index (Phi) is 9.24. The lowest BCUT2D eigenvalue weighted by atomic mass is 10.1. The summed E-state index contributed by atoms with van der Waals surface area (Å²) in [5.74, 6) is 4.81. The monoisotopic (exact) mass is 872 g/mol. The van der Waals surface area contributed by atoms with Gasteiger partial charge in [0, 0.05) is 43.8 Å². The molecule has 0 aliphatic rings. The molecule has 0 radical (unpaired) electrons. The molecule has 0 atom stereocenters. The standard InChI is InChI=1S/C58H36N10/c1-5-19-37(20-6-1)53-61-54(38-21-7-2-8-22-38)64-57(63-53)43-29-17-33-49(59-43)67-45-31-15-13-27-41(45)51-47(67)35-36-48-52(51)42-28-14-16-32-46(42)68(48)50-34-18-30-44(60-50)58-65-55(39-23-9-3-10-24-39)62-56(66-58)40-25-11-4-12-26-40/h1-36H. The van der Waals surface area contributed by atoms with E-state index < -0.39 is 0 Å². The first-order valence-electron chi connectivity index (χ1n) is 22.4. The van der Waals surface area contributed by atoms with Crippen LogP contribution < -0.4 is 0 Å². The van der Waals surface area contributed by atoms with Gasteiger partial charge in [0.05, 0.1) is 22.1 Å². The van der Waals surface area contributed by atoms with Crippen LogP contribution in [0.2, 0.25) is 0 Å². The fourth-order valence-electron chi connectivity index (χ4n) is 9.20. The van der Waals surface area contributed by atoms with Crippen LogP contribution in [0.5, 0.6) is 0 Å². The molecule has 6 heterocycles. The lowest BCUT2D eigenvalue weighted by molar-refractivity contribution is 1.03. The van der Waals surface area contributed by atoms with Gasteiger partial charge in [-0.3, -0.25) is 9.13 Å². The summed E-state index contributed by atoms with van der Waals surface area (Å²) in [5.41, 5.74) is 8.97. The van der Waals surface area contributed by atoms with Crippen LogP contribution >= 0.6 is 0 Å². The number of hydrogen-bond acceptors (Lipinski definition) is 8. The van der Waals surface area contributed by atoms with Gasteiger partial charge in [-0.15, -0.1) is 0 Å². The quantitative estimate of drug-likeness (QED) is 0.148. The summed E-state index contributed by atoms with van der Waals surface area (Å²) < 4.78 is 4.48. The molecule has 10 nitrogen and oxygen atoms in total. The van der Waals surface area contributed by atoms with Gasteiger partial charge in [-0.25, -0.2) is 39.9 Å². The van der Waals surface area contributed by atoms with Gasteiger partial charge in [-0.05, 0) is 48.5 Å². The third-order valence-corrected chi connectivity index (χ3v) is 12.3. The third kappa shape index (κ3) is 6.66. The van der Waals surface area contributed by atoms with E-state index in [-0.39, 0.29) is 0 Å². The molecular weight excluding hydrogens is 837 g/mol. The fraction of sp³-hybridized carbons (Fsp3) is 0. The van der Waals surface area contributed by atoms with Crippen LogP contribution in [0.25, 0.3) is 124 Å². The topological polar surface area (TPSA) is 113 Å². The zero-order valence-corrected chi connectivity index (χ0v) is 36.3. The Hall–Kier alpha value is -9.54. The van der Waals surface area contributed by atoms with Gasteiger partial charge >= 0.3 is 0 Å². The molecule has 0 unspecified atom stereocenters. The molecule has 68 heavy (non-hydrogen) atoms. The predicted octanol–water partition coefficient (Wildman–Crippen LogP) is 13.0. The summed E-state index contributed by atoms with van der Waals surface area (Å²) in [5, 5.41) is 4.45. The highest BCUT2D eigenvalue weighted by molar-refractivity contribution is 6.28. The molecule has 0 aliphatic carbocycles. The number of benzene rings is 7. The van der Waals surface area contributed by atoms with E-state index in [1.807, 2.05) is 158 Å². The molecule has 0 bridgehead atoms. The molecule has 13 rings (SSSR count). The van der Waals surface area contributed by atoms with Gasteiger partial charge < -0.3 is 0 Å². The minimum Gasteiger partial charge on any atom is -0.294 e. The maximum atomic E-state index is 5.32. The second kappa shape index (κ2) is 16.2. The van der Waals surface area contributed by atoms with Crippen molar-refractivity contribution in [2.45, 2.75) is 0 Å². The molecule has 6 aromatic heterocycles. The highest BCUT2D eigenvalue weighted by Gasteiger charge is 2.23. The third-order valence-electron chi connectivity index (χ3n) is 12.3. The van der Waals surface area contributed by atoms with Crippen molar-refractivity contribution < 1.29 is 0 Å². The Morgan fingerprint density at radius 2 is 0.529 bits per heavy atom. The Morgan fingerprint density at radius 3 is 0.882 bits per heavy atom. The zero-order chi connectivity index (χ0) is 45.0. The van der Waals surface area contributed by atoms with Crippen LogP contribution in [0, 0.1) is 0 Å². The number of fused-ring (bicyclic) bond motifs is 7. The first-order chi connectivity index (χ1) is 33.7. The molecule has 0 fully saturated rings. The van der Waals surface area contributed by atoms with E-state index in [0.29, 0.717) is 46.3 Å². The van der Waals surface area contributed by atoms with E-state index in [1.54, 1.807) is 0 Å². The van der Waals surface area contributed by atoms with E-state index in [9.17, 15) is 0 Å². The highest BCUT2D eigenvalue weighted by atomic mass is 15.1. The molecule has 10 heteroatoms. The molecule has 13 aromatic rings. The predicted molar refractivity (Wildman–Crippen MR) is 270 cm³/mol. The molecule has 0 spiro atoms. The fourth-order valence-corrected chi connectivity index (χ4v) is 9.20. The van der Waals surface area contributed by atoms with Crippen LogP contribution in [0.15, 0.2) is 218 Å². The van der Waals surface area contributed by atoms with Crippen molar-refractivity contribution in [1.29, 1.82) is 0 Å². The maximum absolute atomic E-state index is 5.32. The lowest BCUT2D eigenvalue weighted by Gasteiger charge is -2.11. The van der Waals surface area contributed by atoms with Crippen molar-refractivity contribution in [3.8, 4) is 80.2 Å². The molecular formula is C58H36N10. The largest absolute Gasteiger partial charge is 0.294 e. The average molecular weight is 873 g/mol. The lowest BCUT2D eigenvalue weighted by Crippen LogP contribution is -2.03. The van der Waals surface area contributed by atoms with Gasteiger partial charge in [0.1, 0.15) is 23.0 Å². The summed E-state index contributed by atoms with van der Waals surface area (Å²) in [6, 6.07) is 73.5. The van der Waals surface area contributed by atoms with Gasteiger partial charge in [0.25, 0.3) is 0 Å². The molecule has 7 aromatic carbocycles. The van der Waals surface area contributed by atoms with Gasteiger partial charge in [-0.1, -0.05) is 170 Å². The number of rotatable bonds is 8. The SMILES string of the molecule is c1ccc(-c2nc(-c3ccccc3)nc(-c3cccc(-n4c5ccccc5c5c6c7ccccc7n(-c7cccc(-c8nc(-c9ccccc9)nc(-c9ccccc9)n8)n7)c6ccc54)n3)n2)cc1. The first kappa shape index (κ1) is 38.9.